The van der Waals surface area contributed by atoms with Crippen LogP contribution >= 0.6 is 0 Å². The third-order valence-corrected chi connectivity index (χ3v) is 2.60. The number of hydrogen-bond donors (Lipinski definition) is 2. The van der Waals surface area contributed by atoms with E-state index in [2.05, 4.69) is 22.2 Å². The van der Waals surface area contributed by atoms with Gasteiger partial charge in [-0.25, -0.2) is 9.97 Å². The van der Waals surface area contributed by atoms with E-state index in [-0.39, 0.29) is 6.42 Å². The molecule has 0 amide bonds. The Morgan fingerprint density at radius 2 is 2.24 bits per heavy atom. The Bertz CT molecular complexity index is 369. The van der Waals surface area contributed by atoms with Crippen LogP contribution < -0.4 is 5.32 Å². The lowest BCUT2D eigenvalue weighted by Gasteiger charge is -2.11. The number of nitrogens with zero attached hydrogens (tertiary/aromatic N) is 2. The Labute approximate surface area is 101 Å². The number of aromatic nitrogens is 2. The van der Waals surface area contributed by atoms with Gasteiger partial charge in [0.15, 0.2) is 0 Å². The van der Waals surface area contributed by atoms with Crippen LogP contribution in [0.25, 0.3) is 0 Å². The van der Waals surface area contributed by atoms with Gasteiger partial charge < -0.3 is 10.4 Å². The maximum atomic E-state index is 10.4. The summed E-state index contributed by atoms with van der Waals surface area (Å²) in [7, 11) is 0. The molecule has 2 N–H and O–H groups in total. The van der Waals surface area contributed by atoms with E-state index in [9.17, 15) is 4.79 Å². The maximum absolute atomic E-state index is 10.4. The number of hydrogen-bond acceptors (Lipinski definition) is 4. The predicted molar refractivity (Wildman–Crippen MR) is 65.9 cm³/mol. The van der Waals surface area contributed by atoms with E-state index in [4.69, 9.17) is 5.11 Å². The molecular weight excluding hydrogens is 218 g/mol. The average molecular weight is 237 g/mol. The molecule has 0 aliphatic rings. The largest absolute Gasteiger partial charge is 0.481 e. The van der Waals surface area contributed by atoms with Crippen molar-refractivity contribution in [3.8, 4) is 0 Å². The molecule has 1 aromatic heterocycles. The lowest BCUT2D eigenvalue weighted by atomic mass is 10.0. The van der Waals surface area contributed by atoms with E-state index < -0.39 is 5.97 Å². The summed E-state index contributed by atoms with van der Waals surface area (Å²) in [5, 5.41) is 11.8. The highest BCUT2D eigenvalue weighted by atomic mass is 16.4. The minimum atomic E-state index is -0.726. The number of aliphatic carboxylic acids is 1. The van der Waals surface area contributed by atoms with Crippen molar-refractivity contribution >= 4 is 11.8 Å². The summed E-state index contributed by atoms with van der Waals surface area (Å²) in [6, 6.07) is 1.89. The van der Waals surface area contributed by atoms with E-state index in [0.717, 1.165) is 30.9 Å². The third kappa shape index (κ3) is 5.85. The number of nitrogens with one attached hydrogen (secondary N) is 1. The number of carboxylic acid groups (broad SMARTS) is 1. The summed E-state index contributed by atoms with van der Waals surface area (Å²) >= 11 is 0. The molecule has 0 bridgehead atoms. The fourth-order valence-electron chi connectivity index (χ4n) is 1.51. The van der Waals surface area contributed by atoms with Gasteiger partial charge >= 0.3 is 5.97 Å². The Kier molecular flexibility index (Phi) is 5.39. The topological polar surface area (TPSA) is 75.1 Å². The molecule has 1 unspecified atom stereocenters. The fourth-order valence-corrected chi connectivity index (χ4v) is 1.51. The SMILES string of the molecule is Cc1cc(NCCC(C)CCC(=O)O)ncn1. The van der Waals surface area contributed by atoms with Gasteiger partial charge in [-0.3, -0.25) is 4.79 Å². The van der Waals surface area contributed by atoms with Crippen molar-refractivity contribution in [1.82, 2.24) is 9.97 Å². The summed E-state index contributed by atoms with van der Waals surface area (Å²) in [5.41, 5.74) is 0.932. The molecule has 0 fully saturated rings. The smallest absolute Gasteiger partial charge is 0.303 e. The lowest BCUT2D eigenvalue weighted by molar-refractivity contribution is -0.137. The van der Waals surface area contributed by atoms with Gasteiger partial charge in [-0.15, -0.1) is 0 Å². The molecule has 0 aromatic carbocycles. The molecule has 5 nitrogen and oxygen atoms in total. The highest BCUT2D eigenvalue weighted by Gasteiger charge is 2.05. The molecule has 94 valence electrons. The first-order chi connectivity index (χ1) is 8.08. The molecule has 1 aromatic rings. The van der Waals surface area contributed by atoms with Gasteiger partial charge in [-0.05, 0) is 25.7 Å². The number of rotatable bonds is 7. The lowest BCUT2D eigenvalue weighted by Crippen LogP contribution is -2.09. The maximum Gasteiger partial charge on any atom is 0.303 e. The molecule has 1 heterocycles. The number of carbonyl (C=O) groups is 1. The molecule has 0 aliphatic heterocycles. The summed E-state index contributed by atoms with van der Waals surface area (Å²) in [5.74, 6) is 0.501. The van der Waals surface area contributed by atoms with Gasteiger partial charge in [0.2, 0.25) is 0 Å². The van der Waals surface area contributed by atoms with Crippen LogP contribution in [-0.4, -0.2) is 27.6 Å². The molecular formula is C12H19N3O2. The molecule has 17 heavy (non-hydrogen) atoms. The van der Waals surface area contributed by atoms with Crippen molar-refractivity contribution in [2.75, 3.05) is 11.9 Å². The van der Waals surface area contributed by atoms with E-state index >= 15 is 0 Å². The van der Waals surface area contributed by atoms with Crippen LogP contribution in [0, 0.1) is 12.8 Å². The first-order valence-corrected chi connectivity index (χ1v) is 5.82. The minimum Gasteiger partial charge on any atom is -0.481 e. The zero-order valence-electron chi connectivity index (χ0n) is 10.3. The Morgan fingerprint density at radius 1 is 1.47 bits per heavy atom. The Hall–Kier alpha value is -1.65. The summed E-state index contributed by atoms with van der Waals surface area (Å²) in [6.07, 6.45) is 3.44. The van der Waals surface area contributed by atoms with Crippen molar-refractivity contribution in [2.45, 2.75) is 33.1 Å². The second-order valence-corrected chi connectivity index (χ2v) is 4.30. The highest BCUT2D eigenvalue weighted by Crippen LogP contribution is 2.11. The quantitative estimate of drug-likeness (QED) is 0.759. The number of aryl methyl sites for hydroxylation is 1. The monoisotopic (exact) mass is 237 g/mol. The normalized spacial score (nSPS) is 12.1. The molecule has 0 aliphatic carbocycles. The molecule has 0 saturated carbocycles. The standard InChI is InChI=1S/C12H19N3O2/c1-9(3-4-12(16)17)5-6-13-11-7-10(2)14-8-15-11/h7-9H,3-6H2,1-2H3,(H,16,17)(H,13,14,15). The highest BCUT2D eigenvalue weighted by molar-refractivity contribution is 5.66. The van der Waals surface area contributed by atoms with Gasteiger partial charge in [-0.2, -0.15) is 0 Å². The van der Waals surface area contributed by atoms with Crippen LogP contribution in [0.2, 0.25) is 0 Å². The van der Waals surface area contributed by atoms with Gasteiger partial charge in [-0.1, -0.05) is 6.92 Å². The van der Waals surface area contributed by atoms with Crippen LogP contribution in [0.1, 0.15) is 31.9 Å². The molecule has 1 atom stereocenters. The Balaban J connectivity index is 2.21. The van der Waals surface area contributed by atoms with Gasteiger partial charge in [0.25, 0.3) is 0 Å². The van der Waals surface area contributed by atoms with Crippen molar-refractivity contribution in [3.63, 3.8) is 0 Å². The fraction of sp³-hybridized carbons (Fsp3) is 0.583. The van der Waals surface area contributed by atoms with E-state index in [1.54, 1.807) is 0 Å². The van der Waals surface area contributed by atoms with Gasteiger partial charge in [0, 0.05) is 24.7 Å². The summed E-state index contributed by atoms with van der Waals surface area (Å²) < 4.78 is 0. The average Bonchev–Trinajstić information content (AvgIpc) is 2.26. The van der Waals surface area contributed by atoms with E-state index in [0.29, 0.717) is 5.92 Å². The second-order valence-electron chi connectivity index (χ2n) is 4.30. The Morgan fingerprint density at radius 3 is 2.88 bits per heavy atom. The molecule has 0 radical (unpaired) electrons. The molecule has 0 spiro atoms. The van der Waals surface area contributed by atoms with Crippen molar-refractivity contribution in [1.29, 1.82) is 0 Å². The van der Waals surface area contributed by atoms with E-state index in [1.165, 1.54) is 6.33 Å². The van der Waals surface area contributed by atoms with Crippen LogP contribution in [0.3, 0.4) is 0 Å². The van der Waals surface area contributed by atoms with Crippen molar-refractivity contribution < 1.29 is 9.90 Å². The zero-order chi connectivity index (χ0) is 12.7. The van der Waals surface area contributed by atoms with Crippen LogP contribution in [0.4, 0.5) is 5.82 Å². The molecule has 0 saturated heterocycles. The van der Waals surface area contributed by atoms with Crippen molar-refractivity contribution in [2.24, 2.45) is 5.92 Å². The van der Waals surface area contributed by atoms with Gasteiger partial charge in [0.05, 0.1) is 0 Å². The molecule has 1 rings (SSSR count). The van der Waals surface area contributed by atoms with Crippen LogP contribution in [0.5, 0.6) is 0 Å². The van der Waals surface area contributed by atoms with Crippen molar-refractivity contribution in [3.05, 3.63) is 18.1 Å². The molecule has 5 heteroatoms. The van der Waals surface area contributed by atoms with Crippen LogP contribution in [0.15, 0.2) is 12.4 Å². The number of carboxylic acids is 1. The zero-order valence-corrected chi connectivity index (χ0v) is 10.3. The second kappa shape index (κ2) is 6.83. The first kappa shape index (κ1) is 13.4. The third-order valence-electron chi connectivity index (χ3n) is 2.60. The van der Waals surface area contributed by atoms with Crippen LogP contribution in [-0.2, 0) is 4.79 Å². The first-order valence-electron chi connectivity index (χ1n) is 5.82. The minimum absolute atomic E-state index is 0.244. The number of anilines is 1. The predicted octanol–water partition coefficient (Wildman–Crippen LogP) is 2.09. The van der Waals surface area contributed by atoms with Gasteiger partial charge in [0.1, 0.15) is 12.1 Å². The van der Waals surface area contributed by atoms with E-state index in [1.807, 2.05) is 13.0 Å². The summed E-state index contributed by atoms with van der Waals surface area (Å²) in [4.78, 5) is 18.5. The summed E-state index contributed by atoms with van der Waals surface area (Å²) in [6.45, 7) is 4.79.